The first-order valence-corrected chi connectivity index (χ1v) is 8.06. The van der Waals surface area contributed by atoms with Gasteiger partial charge in [-0.05, 0) is 25.3 Å². The van der Waals surface area contributed by atoms with E-state index in [1.165, 1.54) is 23.1 Å². The molecule has 1 amide bonds. The van der Waals surface area contributed by atoms with E-state index < -0.39 is 5.91 Å². The van der Waals surface area contributed by atoms with Crippen LogP contribution in [0.15, 0.2) is 21.7 Å². The summed E-state index contributed by atoms with van der Waals surface area (Å²) < 4.78 is 5.64. The standard InChI is InChI=1S/C13H12N4O2S2/c1-5-3-4-6(19-5)9-7-8(14)10(11(15)18)21-12(7)17-13(16-9)20-2/h3-4H,14H2,1-2H3,(H2,15,18). The van der Waals surface area contributed by atoms with Crippen LogP contribution >= 0.6 is 23.1 Å². The summed E-state index contributed by atoms with van der Waals surface area (Å²) in [6.07, 6.45) is 1.88. The monoisotopic (exact) mass is 320 g/mol. The molecule has 4 N–H and O–H groups in total. The fraction of sp³-hybridized carbons (Fsp3) is 0.154. The number of thiophene rings is 1. The number of amides is 1. The summed E-state index contributed by atoms with van der Waals surface area (Å²) in [5, 5.41) is 1.20. The van der Waals surface area contributed by atoms with Crippen molar-refractivity contribution < 1.29 is 9.21 Å². The van der Waals surface area contributed by atoms with E-state index in [0.29, 0.717) is 37.4 Å². The number of carbonyl (C=O) groups excluding carboxylic acids is 1. The van der Waals surface area contributed by atoms with Gasteiger partial charge in [-0.2, -0.15) is 0 Å². The number of primary amides is 1. The lowest BCUT2D eigenvalue weighted by Crippen LogP contribution is -2.10. The molecule has 3 aromatic rings. The van der Waals surface area contributed by atoms with Gasteiger partial charge in [-0.3, -0.25) is 4.79 Å². The highest BCUT2D eigenvalue weighted by atomic mass is 32.2. The summed E-state index contributed by atoms with van der Waals surface area (Å²) >= 11 is 2.58. The third-order valence-electron chi connectivity index (χ3n) is 2.95. The van der Waals surface area contributed by atoms with Gasteiger partial charge in [-0.1, -0.05) is 11.8 Å². The molecule has 3 heterocycles. The van der Waals surface area contributed by atoms with Crippen LogP contribution in [-0.2, 0) is 0 Å². The lowest BCUT2D eigenvalue weighted by Gasteiger charge is -2.03. The summed E-state index contributed by atoms with van der Waals surface area (Å²) in [5.41, 5.74) is 12.3. The van der Waals surface area contributed by atoms with Crippen molar-refractivity contribution in [3.8, 4) is 11.5 Å². The number of aryl methyl sites for hydroxylation is 1. The molecule has 8 heteroatoms. The number of nitrogens with zero attached hydrogens (tertiary/aromatic N) is 2. The number of carbonyl (C=O) groups is 1. The second-order valence-electron chi connectivity index (χ2n) is 4.36. The molecule has 3 aromatic heterocycles. The van der Waals surface area contributed by atoms with Gasteiger partial charge in [0.15, 0.2) is 10.9 Å². The van der Waals surface area contributed by atoms with E-state index in [1.807, 2.05) is 25.3 Å². The molecule has 0 radical (unpaired) electrons. The zero-order valence-corrected chi connectivity index (χ0v) is 13.0. The number of nitrogens with two attached hydrogens (primary N) is 2. The molecular weight excluding hydrogens is 308 g/mol. The average molecular weight is 320 g/mol. The summed E-state index contributed by atoms with van der Waals surface area (Å²) in [6, 6.07) is 3.67. The number of furan rings is 1. The van der Waals surface area contributed by atoms with Gasteiger partial charge < -0.3 is 15.9 Å². The zero-order valence-electron chi connectivity index (χ0n) is 11.3. The predicted molar refractivity (Wildman–Crippen MR) is 84.6 cm³/mol. The Labute approximate surface area is 128 Å². The van der Waals surface area contributed by atoms with Crippen molar-refractivity contribution >= 4 is 44.9 Å². The number of hydrogen-bond acceptors (Lipinski definition) is 7. The van der Waals surface area contributed by atoms with Crippen molar-refractivity contribution in [2.75, 3.05) is 12.0 Å². The van der Waals surface area contributed by atoms with Gasteiger partial charge in [0.1, 0.15) is 21.2 Å². The van der Waals surface area contributed by atoms with Crippen LogP contribution in [0.2, 0.25) is 0 Å². The Morgan fingerprint density at radius 1 is 1.38 bits per heavy atom. The fourth-order valence-corrected chi connectivity index (χ4v) is 3.39. The van der Waals surface area contributed by atoms with Crippen LogP contribution in [0.1, 0.15) is 15.4 Å². The maximum atomic E-state index is 11.5. The number of thioether (sulfide) groups is 1. The second-order valence-corrected chi connectivity index (χ2v) is 6.13. The van der Waals surface area contributed by atoms with E-state index in [2.05, 4.69) is 9.97 Å². The Hall–Kier alpha value is -2.06. The minimum Gasteiger partial charge on any atom is -0.460 e. The number of nitrogen functional groups attached to an aromatic ring is 1. The summed E-state index contributed by atoms with van der Waals surface area (Å²) in [5.74, 6) is 0.796. The molecular formula is C13H12N4O2S2. The van der Waals surface area contributed by atoms with Crippen LogP contribution in [0.5, 0.6) is 0 Å². The van der Waals surface area contributed by atoms with Gasteiger partial charge in [-0.25, -0.2) is 9.97 Å². The Kier molecular flexibility index (Phi) is 3.34. The molecule has 0 bridgehead atoms. The summed E-state index contributed by atoms with van der Waals surface area (Å²) in [6.45, 7) is 1.85. The van der Waals surface area contributed by atoms with Crippen LogP contribution < -0.4 is 11.5 Å². The Balaban J connectivity index is 2.38. The normalized spacial score (nSPS) is 11.1. The molecule has 0 aliphatic heterocycles. The maximum Gasteiger partial charge on any atom is 0.260 e. The Morgan fingerprint density at radius 3 is 2.71 bits per heavy atom. The highest BCUT2D eigenvalue weighted by Crippen LogP contribution is 2.39. The van der Waals surface area contributed by atoms with Crippen LogP contribution in [0.3, 0.4) is 0 Å². The fourth-order valence-electron chi connectivity index (χ4n) is 2.02. The SMILES string of the molecule is CSc1nc(-c2ccc(C)o2)c2c(N)c(C(N)=O)sc2n1. The van der Waals surface area contributed by atoms with Gasteiger partial charge in [0.25, 0.3) is 5.91 Å². The maximum absolute atomic E-state index is 11.5. The van der Waals surface area contributed by atoms with Crippen molar-refractivity contribution in [3.63, 3.8) is 0 Å². The molecule has 0 fully saturated rings. The van der Waals surface area contributed by atoms with Crippen molar-refractivity contribution in [3.05, 3.63) is 22.8 Å². The molecule has 0 atom stereocenters. The lowest BCUT2D eigenvalue weighted by molar-refractivity contribution is 0.100. The molecule has 108 valence electrons. The van der Waals surface area contributed by atoms with E-state index in [4.69, 9.17) is 15.9 Å². The second kappa shape index (κ2) is 5.05. The van der Waals surface area contributed by atoms with Gasteiger partial charge in [0, 0.05) is 0 Å². The molecule has 21 heavy (non-hydrogen) atoms. The first-order chi connectivity index (χ1) is 10.0. The van der Waals surface area contributed by atoms with E-state index >= 15 is 0 Å². The topological polar surface area (TPSA) is 108 Å². The van der Waals surface area contributed by atoms with Gasteiger partial charge >= 0.3 is 0 Å². The molecule has 0 aromatic carbocycles. The molecule has 0 aliphatic rings. The highest BCUT2D eigenvalue weighted by Gasteiger charge is 2.22. The van der Waals surface area contributed by atoms with Gasteiger partial charge in [0.05, 0.1) is 11.1 Å². The number of rotatable bonds is 3. The van der Waals surface area contributed by atoms with Crippen LogP contribution in [0, 0.1) is 6.92 Å². The Bertz CT molecular complexity index is 853. The third-order valence-corrected chi connectivity index (χ3v) is 4.61. The molecule has 0 spiro atoms. The van der Waals surface area contributed by atoms with Crippen molar-refractivity contribution in [2.24, 2.45) is 5.73 Å². The van der Waals surface area contributed by atoms with Crippen LogP contribution in [0.25, 0.3) is 21.7 Å². The van der Waals surface area contributed by atoms with Crippen LogP contribution in [-0.4, -0.2) is 22.1 Å². The number of anilines is 1. The minimum absolute atomic E-state index is 0.294. The zero-order chi connectivity index (χ0) is 15.1. The minimum atomic E-state index is -0.567. The largest absolute Gasteiger partial charge is 0.460 e. The van der Waals surface area contributed by atoms with E-state index in [1.54, 1.807) is 0 Å². The first kappa shape index (κ1) is 13.9. The highest BCUT2D eigenvalue weighted by molar-refractivity contribution is 7.98. The number of aromatic nitrogens is 2. The Morgan fingerprint density at radius 2 is 2.14 bits per heavy atom. The molecule has 0 aliphatic carbocycles. The van der Waals surface area contributed by atoms with Gasteiger partial charge in [-0.15, -0.1) is 11.3 Å². The number of fused-ring (bicyclic) bond motifs is 1. The molecule has 0 unspecified atom stereocenters. The molecule has 6 nitrogen and oxygen atoms in total. The van der Waals surface area contributed by atoms with E-state index in [-0.39, 0.29) is 0 Å². The smallest absolute Gasteiger partial charge is 0.260 e. The van der Waals surface area contributed by atoms with E-state index in [0.717, 1.165) is 5.76 Å². The predicted octanol–water partition coefficient (Wildman–Crippen LogP) is 2.66. The third kappa shape index (κ3) is 2.26. The summed E-state index contributed by atoms with van der Waals surface area (Å²) in [4.78, 5) is 21.3. The first-order valence-electron chi connectivity index (χ1n) is 6.02. The van der Waals surface area contributed by atoms with Crippen molar-refractivity contribution in [1.82, 2.24) is 9.97 Å². The van der Waals surface area contributed by atoms with Crippen LogP contribution in [0.4, 0.5) is 5.69 Å². The molecule has 0 saturated heterocycles. The molecule has 0 saturated carbocycles. The number of hydrogen-bond donors (Lipinski definition) is 2. The lowest BCUT2D eigenvalue weighted by atomic mass is 10.2. The van der Waals surface area contributed by atoms with Crippen molar-refractivity contribution in [2.45, 2.75) is 12.1 Å². The van der Waals surface area contributed by atoms with Crippen molar-refractivity contribution in [1.29, 1.82) is 0 Å². The summed E-state index contributed by atoms with van der Waals surface area (Å²) in [7, 11) is 0. The molecule has 3 rings (SSSR count). The average Bonchev–Trinajstić information content (AvgIpc) is 3.02. The van der Waals surface area contributed by atoms with Gasteiger partial charge in [0.2, 0.25) is 0 Å². The quantitative estimate of drug-likeness (QED) is 0.567. The van der Waals surface area contributed by atoms with E-state index in [9.17, 15) is 4.79 Å².